The Bertz CT molecular complexity index is 432. The molecule has 0 aromatic heterocycles. The Morgan fingerprint density at radius 3 is 0.571 bits per heavy atom. The first-order chi connectivity index (χ1) is 2.45. The molecule has 0 nitrogen and oxygen atoms in total. The van der Waals surface area contributed by atoms with Gasteiger partial charge in [0, 0.05) is 0 Å². The first-order valence-corrected chi connectivity index (χ1v) is 8.75. The summed E-state index contributed by atoms with van der Waals surface area (Å²) in [5.41, 5.74) is 0. The molecule has 0 aliphatic carbocycles. The summed E-state index contributed by atoms with van der Waals surface area (Å²) in [5.74, 6) is 0. The van der Waals surface area contributed by atoms with Crippen LogP contribution in [0, 0.1) is 0 Å². The first kappa shape index (κ1) is 6.93. The molecular weight excluding hydrogens is 120 g/mol. The second-order valence-corrected chi connectivity index (χ2v) is 15.5. The Labute approximate surface area is 40.5 Å². The van der Waals surface area contributed by atoms with Crippen LogP contribution >= 0.6 is 0 Å². The van der Waals surface area contributed by atoms with Crippen LogP contribution in [0.2, 0.25) is 0 Å². The Hall–Kier alpha value is -0.0657. The predicted molar refractivity (Wildman–Crippen MR) is 42.7 cm³/mol. The van der Waals surface area contributed by atoms with E-state index in [1.165, 1.54) is 0 Å². The topological polar surface area (TPSA) is 0 Å². The molecule has 0 aromatic carbocycles. The van der Waals surface area contributed by atoms with Crippen molar-refractivity contribution in [3.63, 3.8) is 0 Å². The van der Waals surface area contributed by atoms with Gasteiger partial charge in [0.05, 0.1) is 0 Å². The fraction of sp³-hybridized carbons (Fsp3) is 0. The molecular formula is C6H12Ti. The molecule has 0 atom stereocenters. The molecule has 0 bridgehead atoms. The van der Waals surface area contributed by atoms with Crippen LogP contribution in [0.5, 0.6) is 0 Å². The van der Waals surface area contributed by atoms with Crippen molar-refractivity contribution in [2.45, 2.75) is 0 Å². The molecule has 0 heterocycles. The van der Waals surface area contributed by atoms with E-state index in [-0.39, 0.29) is 0 Å². The Morgan fingerprint density at radius 1 is 0.571 bits per heavy atom. The minimum absolute atomic E-state index is 3.67. The molecule has 0 aliphatic rings. The SMILES string of the molecule is [CH2]=[Ti](=[CH2])(=[CH2])(=[CH2])(=[CH2])=[CH2]. The van der Waals surface area contributed by atoms with Gasteiger partial charge in [0.15, 0.2) is 0 Å². The quantitative estimate of drug-likeness (QED) is 0.400. The van der Waals surface area contributed by atoms with Crippen molar-refractivity contribution in [1.29, 1.82) is 0 Å². The van der Waals surface area contributed by atoms with Gasteiger partial charge >= 0.3 is 40.1 Å². The van der Waals surface area contributed by atoms with E-state index in [0.29, 0.717) is 0 Å². The molecule has 1 heteroatoms. The van der Waals surface area contributed by atoms with Crippen molar-refractivity contribution in [2.24, 2.45) is 0 Å². The number of rotatable bonds is 0. The van der Waals surface area contributed by atoms with Crippen molar-refractivity contribution >= 4 is 28.9 Å². The van der Waals surface area contributed by atoms with Gasteiger partial charge in [-0.1, -0.05) is 0 Å². The molecule has 0 saturated carbocycles. The van der Waals surface area contributed by atoms with Crippen molar-refractivity contribution < 1.29 is 11.2 Å². The Kier molecular flexibility index (Phi) is 0.642. The minimum atomic E-state index is -3.67. The van der Waals surface area contributed by atoms with E-state index in [0.717, 1.165) is 0 Å². The second kappa shape index (κ2) is 0.648. The normalized spacial score (nSPS) is 6.86. The summed E-state index contributed by atoms with van der Waals surface area (Å²) >= 11 is -3.67. The van der Waals surface area contributed by atoms with Gasteiger partial charge in [-0.2, -0.15) is 0 Å². The number of hydrogen-bond donors (Lipinski definition) is 0. The van der Waals surface area contributed by atoms with E-state index in [4.69, 9.17) is 0 Å². The summed E-state index contributed by atoms with van der Waals surface area (Å²) in [6.45, 7) is 0. The van der Waals surface area contributed by atoms with E-state index in [1.54, 1.807) is 0 Å². The molecule has 0 unspecified atom stereocenters. The van der Waals surface area contributed by atoms with Crippen LogP contribution in [-0.4, -0.2) is 28.9 Å². The van der Waals surface area contributed by atoms with Crippen LogP contribution in [0.15, 0.2) is 0 Å². The van der Waals surface area contributed by atoms with Gasteiger partial charge in [0.2, 0.25) is 0 Å². The first-order valence-electron chi connectivity index (χ1n) is 2.12. The van der Waals surface area contributed by atoms with Gasteiger partial charge in [0.1, 0.15) is 0 Å². The molecule has 0 spiro atoms. The van der Waals surface area contributed by atoms with E-state index >= 15 is 0 Å². The third kappa shape index (κ3) is 21300. The van der Waals surface area contributed by atoms with E-state index in [1.807, 2.05) is 0 Å². The molecule has 0 saturated heterocycles. The van der Waals surface area contributed by atoms with Gasteiger partial charge in [-0.15, -0.1) is 0 Å². The molecule has 7 heavy (non-hydrogen) atoms. The standard InChI is InChI=1S/6CH2.Ti/h6*1H2;. The zero-order valence-electron chi connectivity index (χ0n) is 4.74. The van der Waals surface area contributed by atoms with Crippen LogP contribution < -0.4 is 0 Å². The summed E-state index contributed by atoms with van der Waals surface area (Å²) in [4.78, 5) is 22.0. The van der Waals surface area contributed by atoms with Gasteiger partial charge in [-0.05, 0) is 0 Å². The third-order valence-electron chi connectivity index (χ3n) is 0. The van der Waals surface area contributed by atoms with Gasteiger partial charge < -0.3 is 0 Å². The molecule has 0 rings (SSSR count). The Morgan fingerprint density at radius 2 is 0.571 bits per heavy atom. The number of hydrogen-bond acceptors (Lipinski definition) is 0. The molecule has 0 aromatic rings. The monoisotopic (exact) mass is 132 g/mol. The average molecular weight is 132 g/mol. The molecule has 0 radical (unpaired) electrons. The van der Waals surface area contributed by atoms with Crippen LogP contribution in [-0.2, 0) is 11.2 Å². The van der Waals surface area contributed by atoms with Crippen LogP contribution in [0.1, 0.15) is 0 Å². The fourth-order valence-corrected chi connectivity index (χ4v) is 0. The summed E-state index contributed by atoms with van der Waals surface area (Å²) in [6.07, 6.45) is 0. The molecule has 0 fully saturated rings. The summed E-state index contributed by atoms with van der Waals surface area (Å²) in [6, 6.07) is 0. The van der Waals surface area contributed by atoms with Gasteiger partial charge in [-0.25, -0.2) is 0 Å². The van der Waals surface area contributed by atoms with Gasteiger partial charge in [-0.3, -0.25) is 0 Å². The van der Waals surface area contributed by atoms with Crippen LogP contribution in [0.3, 0.4) is 0 Å². The second-order valence-electron chi connectivity index (χ2n) is 3.75. The molecule has 0 aliphatic heterocycles. The summed E-state index contributed by atoms with van der Waals surface area (Å²) < 4.78 is 0. The summed E-state index contributed by atoms with van der Waals surface area (Å²) in [5, 5.41) is 0. The zero-order chi connectivity index (χ0) is 6.41. The fourth-order valence-electron chi connectivity index (χ4n) is 0. The van der Waals surface area contributed by atoms with E-state index < -0.39 is 11.2 Å². The summed E-state index contributed by atoms with van der Waals surface area (Å²) in [7, 11) is 0. The van der Waals surface area contributed by atoms with Crippen LogP contribution in [0.25, 0.3) is 0 Å². The maximum absolute atomic E-state index is 3.67. The third-order valence-corrected chi connectivity index (χ3v) is 0. The molecule has 40 valence electrons. The Balaban J connectivity index is 8.86. The van der Waals surface area contributed by atoms with E-state index in [9.17, 15) is 0 Å². The van der Waals surface area contributed by atoms with Crippen molar-refractivity contribution in [3.05, 3.63) is 0 Å². The van der Waals surface area contributed by atoms with Crippen molar-refractivity contribution in [1.82, 2.24) is 0 Å². The maximum atomic E-state index is 3.67. The van der Waals surface area contributed by atoms with Gasteiger partial charge in [0.25, 0.3) is 0 Å². The van der Waals surface area contributed by atoms with E-state index in [2.05, 4.69) is 28.9 Å². The van der Waals surface area contributed by atoms with Crippen molar-refractivity contribution in [3.8, 4) is 0 Å². The van der Waals surface area contributed by atoms with Crippen molar-refractivity contribution in [2.75, 3.05) is 0 Å². The zero-order valence-corrected chi connectivity index (χ0v) is 6.30. The van der Waals surface area contributed by atoms with Crippen LogP contribution in [0.4, 0.5) is 0 Å². The molecule has 0 amide bonds. The predicted octanol–water partition coefficient (Wildman–Crippen LogP) is -0.196. The molecule has 0 N–H and O–H groups in total. The average Bonchev–Trinajstić information content (AvgIpc) is 0.592.